The Kier molecular flexibility index (Phi) is 19.2. The molecule has 0 amide bonds. The maximum absolute atomic E-state index is 12.6. The largest absolute Gasteiger partial charge is 0.465 e. The summed E-state index contributed by atoms with van der Waals surface area (Å²) < 4.78 is 23.8. The van der Waals surface area contributed by atoms with Crippen molar-refractivity contribution in [1.29, 1.82) is 0 Å². The molecule has 2 atom stereocenters. The first-order valence-corrected chi connectivity index (χ1v) is 21.0. The summed E-state index contributed by atoms with van der Waals surface area (Å²) in [5, 5.41) is 0. The molecule has 0 bridgehead atoms. The molecule has 1 N–H and O–H groups in total. The summed E-state index contributed by atoms with van der Waals surface area (Å²) in [6.45, 7) is 26.2. The van der Waals surface area contributed by atoms with Crippen molar-refractivity contribution in [3.05, 3.63) is 57.6 Å². The van der Waals surface area contributed by atoms with Crippen LogP contribution in [0.2, 0.25) is 0 Å². The number of esters is 2. The molecule has 0 heterocycles. The summed E-state index contributed by atoms with van der Waals surface area (Å²) in [4.78, 5) is 36.6. The Balaban J connectivity index is 2.18. The minimum atomic E-state index is -2.33. The van der Waals surface area contributed by atoms with Crippen LogP contribution in [0.5, 0.6) is 11.5 Å². The second-order valence-electron chi connectivity index (χ2n) is 16.7. The SMILES string of the molecule is CCCCC(CC)COC(=O)CCc1cc(C)c(OP(O)Oc2c(C)cc(CCC(=O)OCC(CC)CCCC)cc2C(C)(C)C)c(C(C)(C)C)c1. The van der Waals surface area contributed by atoms with E-state index >= 15 is 0 Å². The summed E-state index contributed by atoms with van der Waals surface area (Å²) in [5.41, 5.74) is 5.11. The van der Waals surface area contributed by atoms with Crippen LogP contribution in [0.15, 0.2) is 24.3 Å². The van der Waals surface area contributed by atoms with Crippen molar-refractivity contribution in [2.45, 2.75) is 171 Å². The van der Waals surface area contributed by atoms with Crippen LogP contribution in [0.3, 0.4) is 0 Å². The fraction of sp³-hybridized carbons (Fsp3) is 0.682. The van der Waals surface area contributed by atoms with Gasteiger partial charge in [0.2, 0.25) is 0 Å². The van der Waals surface area contributed by atoms with E-state index in [2.05, 4.69) is 81.4 Å². The highest BCUT2D eigenvalue weighted by Gasteiger charge is 2.28. The molecule has 2 aromatic carbocycles. The van der Waals surface area contributed by atoms with E-state index in [9.17, 15) is 14.5 Å². The third kappa shape index (κ3) is 15.4. The third-order valence-electron chi connectivity index (χ3n) is 9.91. The third-order valence-corrected chi connectivity index (χ3v) is 10.6. The molecule has 294 valence electrons. The lowest BCUT2D eigenvalue weighted by Gasteiger charge is -2.28. The van der Waals surface area contributed by atoms with E-state index in [0.29, 0.717) is 62.2 Å². The topological polar surface area (TPSA) is 91.3 Å². The normalized spacial score (nSPS) is 13.7. The first-order chi connectivity index (χ1) is 24.4. The Morgan fingerprint density at radius 2 is 1.02 bits per heavy atom. The van der Waals surface area contributed by atoms with Gasteiger partial charge in [-0.2, -0.15) is 0 Å². The molecule has 0 aliphatic carbocycles. The van der Waals surface area contributed by atoms with E-state index < -0.39 is 8.60 Å². The molecule has 7 nitrogen and oxygen atoms in total. The van der Waals surface area contributed by atoms with Crippen LogP contribution < -0.4 is 9.05 Å². The van der Waals surface area contributed by atoms with Gasteiger partial charge in [0.1, 0.15) is 11.5 Å². The molecule has 2 rings (SSSR count). The minimum absolute atomic E-state index is 0.170. The van der Waals surface area contributed by atoms with Crippen molar-refractivity contribution in [3.8, 4) is 11.5 Å². The predicted molar refractivity (Wildman–Crippen MR) is 215 cm³/mol. The van der Waals surface area contributed by atoms with Crippen molar-refractivity contribution in [2.24, 2.45) is 11.8 Å². The molecule has 2 unspecified atom stereocenters. The fourth-order valence-electron chi connectivity index (χ4n) is 6.37. The lowest BCUT2D eigenvalue weighted by atomic mass is 9.83. The number of ether oxygens (including phenoxy) is 2. The van der Waals surface area contributed by atoms with Crippen molar-refractivity contribution >= 4 is 20.5 Å². The van der Waals surface area contributed by atoms with Crippen molar-refractivity contribution in [1.82, 2.24) is 0 Å². The lowest BCUT2D eigenvalue weighted by molar-refractivity contribution is -0.146. The Morgan fingerprint density at radius 1 is 0.654 bits per heavy atom. The van der Waals surface area contributed by atoms with Gasteiger partial charge in [0.25, 0.3) is 0 Å². The van der Waals surface area contributed by atoms with Gasteiger partial charge in [-0.25, -0.2) is 0 Å². The number of hydrogen-bond donors (Lipinski definition) is 1. The zero-order chi connectivity index (χ0) is 39.1. The van der Waals surface area contributed by atoms with E-state index in [1.165, 1.54) is 0 Å². The molecule has 0 saturated heterocycles. The maximum Gasteiger partial charge on any atom is 0.460 e. The van der Waals surface area contributed by atoms with Gasteiger partial charge < -0.3 is 23.4 Å². The fourth-order valence-corrected chi connectivity index (χ4v) is 7.21. The molecule has 52 heavy (non-hydrogen) atoms. The van der Waals surface area contributed by atoms with E-state index in [4.69, 9.17) is 18.5 Å². The van der Waals surface area contributed by atoms with Gasteiger partial charge in [0, 0.05) is 24.0 Å². The van der Waals surface area contributed by atoms with Crippen molar-refractivity contribution in [2.75, 3.05) is 13.2 Å². The molecule has 0 aromatic heterocycles. The number of rotatable bonds is 22. The number of unbranched alkanes of at least 4 members (excludes halogenated alkanes) is 2. The monoisotopic (exact) mass is 742 g/mol. The zero-order valence-electron chi connectivity index (χ0n) is 34.7. The van der Waals surface area contributed by atoms with Gasteiger partial charge in [0.15, 0.2) is 0 Å². The van der Waals surface area contributed by atoms with E-state index in [0.717, 1.165) is 84.7 Å². The van der Waals surface area contributed by atoms with Crippen molar-refractivity contribution in [3.63, 3.8) is 0 Å². The maximum atomic E-state index is 12.6. The minimum Gasteiger partial charge on any atom is -0.465 e. The first-order valence-electron chi connectivity index (χ1n) is 19.9. The van der Waals surface area contributed by atoms with Crippen LogP contribution in [0.25, 0.3) is 0 Å². The smallest absolute Gasteiger partial charge is 0.460 e. The molecule has 2 aromatic rings. The van der Waals surface area contributed by atoms with Gasteiger partial charge >= 0.3 is 20.5 Å². The molecular formula is C44H71O7P. The quantitative estimate of drug-likeness (QED) is 0.0948. The summed E-state index contributed by atoms with van der Waals surface area (Å²) in [6, 6.07) is 8.20. The first kappa shape index (κ1) is 45.5. The Labute approximate surface area is 317 Å². The number of aryl methyl sites for hydroxylation is 4. The second-order valence-corrected chi connectivity index (χ2v) is 17.5. The Morgan fingerprint density at radius 3 is 1.33 bits per heavy atom. The summed E-state index contributed by atoms with van der Waals surface area (Å²) in [5.74, 6) is 1.69. The summed E-state index contributed by atoms with van der Waals surface area (Å²) in [7, 11) is -2.33. The highest BCUT2D eigenvalue weighted by molar-refractivity contribution is 7.41. The van der Waals surface area contributed by atoms with E-state index in [-0.39, 0.29) is 22.8 Å². The molecular weight excluding hydrogens is 671 g/mol. The number of benzene rings is 2. The standard InChI is InChI=1S/C44H71O7P/c1-13-17-19-33(15-3)29-48-39(45)23-21-35-25-31(5)41(37(27-35)43(7,8)9)50-52(47)51-42-32(6)26-36(28-38(42)44(10,11)12)22-24-40(46)49-30-34(16-4)20-18-14-2/h25-28,33-34,47H,13-24,29-30H2,1-12H3. The molecule has 0 aliphatic heterocycles. The summed E-state index contributed by atoms with van der Waals surface area (Å²) >= 11 is 0. The van der Waals surface area contributed by atoms with Gasteiger partial charge in [-0.1, -0.05) is 132 Å². The van der Waals surface area contributed by atoms with Gasteiger partial charge in [-0.3, -0.25) is 9.59 Å². The number of carbonyl (C=O) groups excluding carboxylic acids is 2. The average Bonchev–Trinajstić information content (AvgIpc) is 3.07. The van der Waals surface area contributed by atoms with Gasteiger partial charge in [-0.15, -0.1) is 0 Å². The predicted octanol–water partition coefficient (Wildman–Crippen LogP) is 12.0. The Hall–Kier alpha value is -2.63. The summed E-state index contributed by atoms with van der Waals surface area (Å²) in [6.07, 6.45) is 10.6. The highest BCUT2D eigenvalue weighted by Crippen LogP contribution is 2.46. The molecule has 0 spiro atoms. The van der Waals surface area contributed by atoms with Crippen LogP contribution in [-0.4, -0.2) is 30.0 Å². The Bertz CT molecular complexity index is 1300. The molecule has 0 radical (unpaired) electrons. The van der Waals surface area contributed by atoms with Crippen molar-refractivity contribution < 1.29 is 33.0 Å². The average molecular weight is 743 g/mol. The molecule has 0 fully saturated rings. The highest BCUT2D eigenvalue weighted by atomic mass is 31.2. The van der Waals surface area contributed by atoms with Crippen LogP contribution in [0.4, 0.5) is 0 Å². The molecule has 8 heteroatoms. The van der Waals surface area contributed by atoms with E-state index in [1.807, 2.05) is 26.0 Å². The van der Waals surface area contributed by atoms with E-state index in [1.54, 1.807) is 0 Å². The molecule has 0 aliphatic rings. The second kappa shape index (κ2) is 21.9. The number of hydrogen-bond acceptors (Lipinski definition) is 7. The molecule has 0 saturated carbocycles. The van der Waals surface area contributed by atoms with Crippen LogP contribution in [-0.2, 0) is 42.7 Å². The zero-order valence-corrected chi connectivity index (χ0v) is 35.6. The van der Waals surface area contributed by atoms with Gasteiger partial charge in [-0.05, 0) is 84.5 Å². The van der Waals surface area contributed by atoms with Crippen LogP contribution in [0, 0.1) is 25.7 Å². The van der Waals surface area contributed by atoms with Crippen LogP contribution >= 0.6 is 8.60 Å². The lowest BCUT2D eigenvalue weighted by Crippen LogP contribution is -2.17. The van der Waals surface area contributed by atoms with Gasteiger partial charge in [0.05, 0.1) is 13.2 Å². The number of carbonyl (C=O) groups is 2. The van der Waals surface area contributed by atoms with Crippen LogP contribution in [0.1, 0.15) is 167 Å².